The Morgan fingerprint density at radius 2 is 1.95 bits per heavy atom. The van der Waals surface area contributed by atoms with E-state index in [1.54, 1.807) is 6.26 Å². The summed E-state index contributed by atoms with van der Waals surface area (Å²) < 4.78 is 13.1. The largest absolute Gasteiger partial charge is 0.480 e. The van der Waals surface area contributed by atoms with Crippen LogP contribution in [0.3, 0.4) is 0 Å². The van der Waals surface area contributed by atoms with Gasteiger partial charge in [-0.2, -0.15) is 0 Å². The molecule has 0 aliphatic carbocycles. The molecule has 0 saturated heterocycles. The number of hydrogen-bond donors (Lipinski definition) is 0. The van der Waals surface area contributed by atoms with Crippen molar-refractivity contribution in [3.8, 4) is 5.75 Å². The van der Waals surface area contributed by atoms with Gasteiger partial charge in [0.1, 0.15) is 11.5 Å². The van der Waals surface area contributed by atoms with Gasteiger partial charge in [-0.05, 0) is 30.6 Å². The maximum atomic E-state index is 6.32. The van der Waals surface area contributed by atoms with Gasteiger partial charge in [0.15, 0.2) is 6.10 Å². The van der Waals surface area contributed by atoms with Crippen LogP contribution in [0.15, 0.2) is 57.6 Å². The number of likely N-dealkylation sites (N-methyl/N-ethyl adjacent to an activating group) is 1. The molecule has 4 heteroatoms. The molecule has 1 unspecified atom stereocenters. The molecule has 2 heterocycles. The fourth-order valence-electron chi connectivity index (χ4n) is 3.06. The lowest BCUT2D eigenvalue weighted by Gasteiger charge is -2.29. The SMILES string of the molecule is CN1Cc2ccoc2C(Oc2ccc(Br)c3ccccc23)C1. The van der Waals surface area contributed by atoms with Crippen LogP contribution < -0.4 is 4.74 Å². The second-order valence-electron chi connectivity index (χ2n) is 5.70. The molecule has 2 aromatic carbocycles. The molecule has 1 atom stereocenters. The minimum absolute atomic E-state index is 0.0756. The van der Waals surface area contributed by atoms with Gasteiger partial charge in [-0.25, -0.2) is 0 Å². The molecule has 1 aliphatic heterocycles. The van der Waals surface area contributed by atoms with Crippen molar-refractivity contribution >= 4 is 26.7 Å². The summed E-state index contributed by atoms with van der Waals surface area (Å²) in [6, 6.07) is 14.3. The van der Waals surface area contributed by atoms with Crippen LogP contribution in [0.1, 0.15) is 17.4 Å². The molecular weight excluding hydrogens is 342 g/mol. The Balaban J connectivity index is 1.75. The molecule has 0 saturated carbocycles. The van der Waals surface area contributed by atoms with Gasteiger partial charge in [-0.15, -0.1) is 0 Å². The van der Waals surface area contributed by atoms with E-state index < -0.39 is 0 Å². The highest BCUT2D eigenvalue weighted by atomic mass is 79.9. The summed E-state index contributed by atoms with van der Waals surface area (Å²) in [5.74, 6) is 1.84. The van der Waals surface area contributed by atoms with Crippen molar-refractivity contribution in [2.75, 3.05) is 13.6 Å². The topological polar surface area (TPSA) is 25.6 Å². The van der Waals surface area contributed by atoms with E-state index in [1.165, 1.54) is 5.56 Å². The third-order valence-electron chi connectivity index (χ3n) is 4.09. The standard InChI is InChI=1S/C18H16BrNO2/c1-20-10-12-8-9-21-18(12)17(11-20)22-16-7-6-15(19)13-4-2-3-5-14(13)16/h2-9,17H,10-11H2,1H3. The highest BCUT2D eigenvalue weighted by Crippen LogP contribution is 2.36. The van der Waals surface area contributed by atoms with Gasteiger partial charge < -0.3 is 9.15 Å². The van der Waals surface area contributed by atoms with Crippen LogP contribution in [0.4, 0.5) is 0 Å². The fraction of sp³-hybridized carbons (Fsp3) is 0.222. The number of rotatable bonds is 2. The van der Waals surface area contributed by atoms with Gasteiger partial charge in [-0.3, -0.25) is 4.90 Å². The van der Waals surface area contributed by atoms with E-state index in [0.29, 0.717) is 0 Å². The lowest BCUT2D eigenvalue weighted by atomic mass is 10.1. The summed E-state index contributed by atoms with van der Waals surface area (Å²) in [4.78, 5) is 2.25. The molecule has 0 radical (unpaired) electrons. The molecule has 3 aromatic rings. The van der Waals surface area contributed by atoms with Gasteiger partial charge in [0.05, 0.1) is 6.26 Å². The Bertz CT molecular complexity index is 827. The predicted molar refractivity (Wildman–Crippen MR) is 90.1 cm³/mol. The lowest BCUT2D eigenvalue weighted by molar-refractivity contribution is 0.108. The van der Waals surface area contributed by atoms with Gasteiger partial charge in [0.25, 0.3) is 0 Å². The number of halogens is 1. The van der Waals surface area contributed by atoms with E-state index in [2.05, 4.69) is 40.0 Å². The molecule has 0 spiro atoms. The molecule has 112 valence electrons. The summed E-state index contributed by atoms with van der Waals surface area (Å²) in [7, 11) is 2.10. The maximum Gasteiger partial charge on any atom is 0.169 e. The van der Waals surface area contributed by atoms with Crippen molar-refractivity contribution < 1.29 is 9.15 Å². The second kappa shape index (κ2) is 5.45. The molecule has 1 aliphatic rings. The molecule has 1 aromatic heterocycles. The second-order valence-corrected chi connectivity index (χ2v) is 6.56. The van der Waals surface area contributed by atoms with Crippen LogP contribution in [-0.2, 0) is 6.54 Å². The molecule has 0 bridgehead atoms. The Labute approximate surface area is 137 Å². The first kappa shape index (κ1) is 13.9. The molecule has 4 rings (SSSR count). The highest BCUT2D eigenvalue weighted by molar-refractivity contribution is 9.10. The van der Waals surface area contributed by atoms with Gasteiger partial charge in [0.2, 0.25) is 0 Å². The maximum absolute atomic E-state index is 6.32. The molecule has 0 amide bonds. The number of furan rings is 1. The molecule has 0 N–H and O–H groups in total. The molecule has 0 fully saturated rings. The summed E-state index contributed by atoms with van der Waals surface area (Å²) >= 11 is 3.60. The zero-order valence-electron chi connectivity index (χ0n) is 12.3. The highest BCUT2D eigenvalue weighted by Gasteiger charge is 2.28. The van der Waals surface area contributed by atoms with Crippen LogP contribution in [0.25, 0.3) is 10.8 Å². The van der Waals surface area contributed by atoms with Crippen LogP contribution in [-0.4, -0.2) is 18.5 Å². The van der Waals surface area contributed by atoms with E-state index in [4.69, 9.17) is 9.15 Å². The smallest absolute Gasteiger partial charge is 0.169 e. The predicted octanol–water partition coefficient (Wildman–Crippen LogP) is 4.76. The van der Waals surface area contributed by atoms with Gasteiger partial charge in [-0.1, -0.05) is 40.2 Å². The first-order chi connectivity index (χ1) is 10.7. The summed E-state index contributed by atoms with van der Waals surface area (Å²) in [5.41, 5.74) is 1.21. The average molecular weight is 358 g/mol. The third-order valence-corrected chi connectivity index (χ3v) is 4.78. The van der Waals surface area contributed by atoms with Crippen molar-refractivity contribution in [1.82, 2.24) is 4.90 Å². The molecule has 3 nitrogen and oxygen atoms in total. The summed E-state index contributed by atoms with van der Waals surface area (Å²) in [6.45, 7) is 1.73. The lowest BCUT2D eigenvalue weighted by Crippen LogP contribution is -2.32. The quantitative estimate of drug-likeness (QED) is 0.661. The Kier molecular flexibility index (Phi) is 3.43. The zero-order valence-corrected chi connectivity index (χ0v) is 13.8. The van der Waals surface area contributed by atoms with Gasteiger partial charge in [0, 0.05) is 28.5 Å². The number of nitrogens with zero attached hydrogens (tertiary/aromatic N) is 1. The minimum atomic E-state index is -0.0756. The van der Waals surface area contributed by atoms with Crippen molar-refractivity contribution in [2.45, 2.75) is 12.6 Å². The minimum Gasteiger partial charge on any atom is -0.480 e. The number of benzene rings is 2. The van der Waals surface area contributed by atoms with Crippen LogP contribution in [0, 0.1) is 0 Å². The van der Waals surface area contributed by atoms with Crippen molar-refractivity contribution in [3.05, 3.63) is 64.5 Å². The van der Waals surface area contributed by atoms with E-state index in [9.17, 15) is 0 Å². The number of fused-ring (bicyclic) bond motifs is 2. The first-order valence-electron chi connectivity index (χ1n) is 7.31. The number of ether oxygens (including phenoxy) is 1. The van der Waals surface area contributed by atoms with Crippen molar-refractivity contribution in [3.63, 3.8) is 0 Å². The fourth-order valence-corrected chi connectivity index (χ4v) is 3.54. The monoisotopic (exact) mass is 357 g/mol. The first-order valence-corrected chi connectivity index (χ1v) is 8.10. The summed E-state index contributed by atoms with van der Waals surface area (Å²) in [5, 5.41) is 2.27. The van der Waals surface area contributed by atoms with Crippen LogP contribution in [0.2, 0.25) is 0 Å². The normalized spacial score (nSPS) is 18.4. The summed E-state index contributed by atoms with van der Waals surface area (Å²) in [6.07, 6.45) is 1.67. The Morgan fingerprint density at radius 1 is 1.14 bits per heavy atom. The zero-order chi connectivity index (χ0) is 15.1. The van der Waals surface area contributed by atoms with Crippen LogP contribution in [0.5, 0.6) is 5.75 Å². The third kappa shape index (κ3) is 2.32. The molecule has 22 heavy (non-hydrogen) atoms. The van der Waals surface area contributed by atoms with Crippen LogP contribution >= 0.6 is 15.9 Å². The van der Waals surface area contributed by atoms with E-state index in [0.717, 1.165) is 39.8 Å². The van der Waals surface area contributed by atoms with E-state index in [-0.39, 0.29) is 6.10 Å². The van der Waals surface area contributed by atoms with E-state index >= 15 is 0 Å². The van der Waals surface area contributed by atoms with Gasteiger partial charge >= 0.3 is 0 Å². The molecular formula is C18H16BrNO2. The van der Waals surface area contributed by atoms with Crippen molar-refractivity contribution in [2.24, 2.45) is 0 Å². The van der Waals surface area contributed by atoms with E-state index in [1.807, 2.05) is 30.3 Å². The average Bonchev–Trinajstić information content (AvgIpc) is 2.98. The number of hydrogen-bond acceptors (Lipinski definition) is 3. The Hall–Kier alpha value is -1.78. The Morgan fingerprint density at radius 3 is 2.82 bits per heavy atom. The van der Waals surface area contributed by atoms with Crippen molar-refractivity contribution in [1.29, 1.82) is 0 Å².